The van der Waals surface area contributed by atoms with E-state index in [1.165, 1.54) is 70.9 Å². The van der Waals surface area contributed by atoms with Gasteiger partial charge in [-0.1, -0.05) is 32.1 Å². The van der Waals surface area contributed by atoms with E-state index in [1.54, 1.807) is 0 Å². The van der Waals surface area contributed by atoms with E-state index < -0.39 is 0 Å². The topological polar surface area (TPSA) is 23.5 Å². The molecule has 1 atom stereocenters. The lowest BCUT2D eigenvalue weighted by molar-refractivity contribution is -0.0359. The maximum Gasteiger partial charge on any atom is 0.0726 e. The van der Waals surface area contributed by atoms with Crippen molar-refractivity contribution < 1.29 is 5.11 Å². The first-order valence-corrected chi connectivity index (χ1v) is 7.74. The Morgan fingerprint density at radius 2 is 1.65 bits per heavy atom. The third-order valence-electron chi connectivity index (χ3n) is 5.61. The molecule has 3 aliphatic rings. The quantitative estimate of drug-likeness (QED) is 0.812. The van der Waals surface area contributed by atoms with Gasteiger partial charge in [0.1, 0.15) is 0 Å². The Morgan fingerprint density at radius 1 is 1.00 bits per heavy atom. The molecule has 1 heterocycles. The summed E-state index contributed by atoms with van der Waals surface area (Å²) in [5, 5.41) is 10.8. The zero-order valence-corrected chi connectivity index (χ0v) is 11.0. The van der Waals surface area contributed by atoms with Crippen molar-refractivity contribution in [2.24, 2.45) is 5.92 Å². The first kappa shape index (κ1) is 12.0. The summed E-state index contributed by atoms with van der Waals surface area (Å²) in [6.07, 6.45) is 13.0. The minimum absolute atomic E-state index is 0.0478. The monoisotopic (exact) mass is 237 g/mol. The van der Waals surface area contributed by atoms with E-state index in [2.05, 4.69) is 4.90 Å². The minimum Gasteiger partial charge on any atom is -0.391 e. The number of nitrogens with zero attached hydrogens (tertiary/aromatic N) is 1. The van der Waals surface area contributed by atoms with Gasteiger partial charge in [-0.3, -0.25) is 4.90 Å². The molecule has 0 aromatic carbocycles. The number of aliphatic hydroxyl groups excluding tert-OH is 1. The molecule has 1 N–H and O–H groups in total. The zero-order valence-electron chi connectivity index (χ0n) is 11.0. The summed E-state index contributed by atoms with van der Waals surface area (Å²) in [6.45, 7) is 2.48. The molecule has 3 fully saturated rings. The Labute approximate surface area is 105 Å². The molecule has 0 radical (unpaired) electrons. The highest BCUT2D eigenvalue weighted by atomic mass is 16.3. The predicted molar refractivity (Wildman–Crippen MR) is 70.0 cm³/mol. The van der Waals surface area contributed by atoms with E-state index in [1.807, 2.05) is 0 Å². The molecule has 2 saturated carbocycles. The summed E-state index contributed by atoms with van der Waals surface area (Å²) in [5.41, 5.74) is 0.187. The minimum atomic E-state index is -0.0478. The summed E-state index contributed by atoms with van der Waals surface area (Å²) in [6, 6.07) is 0. The van der Waals surface area contributed by atoms with Gasteiger partial charge in [-0.15, -0.1) is 0 Å². The Bertz CT molecular complexity index is 250. The molecule has 17 heavy (non-hydrogen) atoms. The molecule has 2 heteroatoms. The molecule has 1 unspecified atom stereocenters. The molecule has 0 amide bonds. The Morgan fingerprint density at radius 3 is 2.18 bits per heavy atom. The van der Waals surface area contributed by atoms with Crippen molar-refractivity contribution in [2.75, 3.05) is 13.1 Å². The van der Waals surface area contributed by atoms with Crippen LogP contribution in [0.15, 0.2) is 0 Å². The maximum absolute atomic E-state index is 10.8. The van der Waals surface area contributed by atoms with E-state index in [9.17, 15) is 5.11 Å². The van der Waals surface area contributed by atoms with Crippen LogP contribution in [0.3, 0.4) is 0 Å². The van der Waals surface area contributed by atoms with Crippen LogP contribution in [0.1, 0.15) is 64.2 Å². The molecule has 0 spiro atoms. The van der Waals surface area contributed by atoms with Crippen LogP contribution in [0.2, 0.25) is 0 Å². The van der Waals surface area contributed by atoms with Crippen LogP contribution in [-0.2, 0) is 0 Å². The first-order chi connectivity index (χ1) is 8.31. The van der Waals surface area contributed by atoms with Crippen molar-refractivity contribution >= 4 is 0 Å². The van der Waals surface area contributed by atoms with Crippen LogP contribution in [0, 0.1) is 5.92 Å². The van der Waals surface area contributed by atoms with Gasteiger partial charge >= 0.3 is 0 Å². The van der Waals surface area contributed by atoms with Crippen LogP contribution in [0.25, 0.3) is 0 Å². The van der Waals surface area contributed by atoms with Gasteiger partial charge in [0.2, 0.25) is 0 Å². The summed E-state index contributed by atoms with van der Waals surface area (Å²) in [5.74, 6) is 0.838. The molecule has 3 rings (SSSR count). The van der Waals surface area contributed by atoms with Gasteiger partial charge in [0.25, 0.3) is 0 Å². The maximum atomic E-state index is 10.8. The Hall–Kier alpha value is -0.0800. The summed E-state index contributed by atoms with van der Waals surface area (Å²) in [7, 11) is 0. The third kappa shape index (κ3) is 2.15. The van der Waals surface area contributed by atoms with Gasteiger partial charge in [0.05, 0.1) is 6.10 Å². The molecule has 1 saturated heterocycles. The lowest BCUT2D eigenvalue weighted by Gasteiger charge is -2.44. The molecule has 1 aliphatic heterocycles. The fourth-order valence-electron chi connectivity index (χ4n) is 4.27. The van der Waals surface area contributed by atoms with Crippen LogP contribution in [-0.4, -0.2) is 34.7 Å². The second-order valence-corrected chi connectivity index (χ2v) is 6.55. The second kappa shape index (κ2) is 4.89. The van der Waals surface area contributed by atoms with Crippen molar-refractivity contribution in [3.63, 3.8) is 0 Å². The number of aliphatic hydroxyl groups is 1. The molecule has 2 aliphatic carbocycles. The summed E-state index contributed by atoms with van der Waals surface area (Å²) in [4.78, 5) is 2.64. The molecule has 0 bridgehead atoms. The van der Waals surface area contributed by atoms with E-state index in [0.717, 1.165) is 12.3 Å². The number of rotatable bonds is 4. The Balaban J connectivity index is 1.68. The highest BCUT2D eigenvalue weighted by Gasteiger charge is 2.46. The largest absolute Gasteiger partial charge is 0.391 e. The molecular weight excluding hydrogens is 210 g/mol. The highest BCUT2D eigenvalue weighted by Crippen LogP contribution is 2.43. The smallest absolute Gasteiger partial charge is 0.0726 e. The van der Waals surface area contributed by atoms with Crippen LogP contribution < -0.4 is 0 Å². The van der Waals surface area contributed by atoms with Crippen molar-refractivity contribution in [2.45, 2.75) is 75.9 Å². The van der Waals surface area contributed by atoms with Crippen LogP contribution in [0.4, 0.5) is 0 Å². The lowest BCUT2D eigenvalue weighted by Crippen LogP contribution is -2.54. The first-order valence-electron chi connectivity index (χ1n) is 7.74. The normalized spacial score (nSPS) is 31.6. The predicted octanol–water partition coefficient (Wildman–Crippen LogP) is 2.95. The average molecular weight is 237 g/mol. The number of likely N-dealkylation sites (tertiary alicyclic amines) is 1. The van der Waals surface area contributed by atoms with E-state index >= 15 is 0 Å². The highest BCUT2D eigenvalue weighted by molar-refractivity contribution is 5.02. The molecule has 0 aromatic rings. The summed E-state index contributed by atoms with van der Waals surface area (Å²) >= 11 is 0. The zero-order chi connectivity index (χ0) is 11.7. The van der Waals surface area contributed by atoms with Crippen molar-refractivity contribution in [1.29, 1.82) is 0 Å². The van der Waals surface area contributed by atoms with Crippen molar-refractivity contribution in [3.05, 3.63) is 0 Å². The fraction of sp³-hybridized carbons (Fsp3) is 1.00. The van der Waals surface area contributed by atoms with Crippen LogP contribution >= 0.6 is 0 Å². The fourth-order valence-corrected chi connectivity index (χ4v) is 4.27. The average Bonchev–Trinajstić information content (AvgIpc) is 2.92. The molecular formula is C15H27NO. The van der Waals surface area contributed by atoms with Crippen molar-refractivity contribution in [1.82, 2.24) is 4.90 Å². The van der Waals surface area contributed by atoms with Gasteiger partial charge < -0.3 is 5.11 Å². The second-order valence-electron chi connectivity index (χ2n) is 6.55. The SMILES string of the molecule is OC(CC1CCC1)C1(N2CCCC2)CCCC1. The molecule has 0 aromatic heterocycles. The van der Waals surface area contributed by atoms with Gasteiger partial charge in [-0.2, -0.15) is 0 Å². The van der Waals surface area contributed by atoms with Crippen LogP contribution in [0.5, 0.6) is 0 Å². The van der Waals surface area contributed by atoms with E-state index in [-0.39, 0.29) is 11.6 Å². The number of hydrogen-bond acceptors (Lipinski definition) is 2. The standard InChI is InChI=1S/C15H27NO/c17-14(12-13-6-5-7-13)15(8-1-2-9-15)16-10-3-4-11-16/h13-14,17H,1-12H2. The summed E-state index contributed by atoms with van der Waals surface area (Å²) < 4.78 is 0. The van der Waals surface area contributed by atoms with Crippen molar-refractivity contribution in [3.8, 4) is 0 Å². The van der Waals surface area contributed by atoms with Gasteiger partial charge in [-0.25, -0.2) is 0 Å². The molecule has 2 nitrogen and oxygen atoms in total. The van der Waals surface area contributed by atoms with Gasteiger partial charge in [-0.05, 0) is 51.1 Å². The number of hydrogen-bond donors (Lipinski definition) is 1. The van der Waals surface area contributed by atoms with Gasteiger partial charge in [0, 0.05) is 5.54 Å². The lowest BCUT2D eigenvalue weighted by atomic mass is 9.76. The van der Waals surface area contributed by atoms with Gasteiger partial charge in [0.15, 0.2) is 0 Å². The molecule has 98 valence electrons. The third-order valence-corrected chi connectivity index (χ3v) is 5.61. The Kier molecular flexibility index (Phi) is 3.45. The van der Waals surface area contributed by atoms with E-state index in [4.69, 9.17) is 0 Å². The van der Waals surface area contributed by atoms with E-state index in [0.29, 0.717) is 0 Å².